The highest BCUT2D eigenvalue weighted by Crippen LogP contribution is 2.61. The van der Waals surface area contributed by atoms with E-state index in [2.05, 4.69) is 20.8 Å². The number of aliphatic hydroxyl groups is 1. The van der Waals surface area contributed by atoms with E-state index in [1.54, 1.807) is 0 Å². The molecule has 1 N–H and O–H groups in total. The Bertz CT molecular complexity index is 158. The molecule has 3 fully saturated rings. The first-order valence-corrected chi connectivity index (χ1v) is 4.71. The highest BCUT2D eigenvalue weighted by molar-refractivity contribution is 5.05. The summed E-state index contributed by atoms with van der Waals surface area (Å²) < 4.78 is 0. The van der Waals surface area contributed by atoms with Crippen LogP contribution in [0.4, 0.5) is 0 Å². The average Bonchev–Trinajstić information content (AvgIpc) is 1.84. The summed E-state index contributed by atoms with van der Waals surface area (Å²) in [5, 5.41) is 9.72. The van der Waals surface area contributed by atoms with Gasteiger partial charge in [0.15, 0.2) is 0 Å². The first-order valence-electron chi connectivity index (χ1n) is 4.71. The zero-order chi connectivity index (χ0) is 8.22. The normalized spacial score (nSPS) is 53.5. The van der Waals surface area contributed by atoms with Gasteiger partial charge in [0.05, 0.1) is 6.10 Å². The average molecular weight is 154 g/mol. The van der Waals surface area contributed by atoms with Crippen LogP contribution in [0.1, 0.15) is 33.6 Å². The lowest BCUT2D eigenvalue weighted by atomic mass is 9.45. The molecule has 0 spiro atoms. The molecular formula is C10H18O. The zero-order valence-electron chi connectivity index (χ0n) is 7.67. The number of rotatable bonds is 0. The summed E-state index contributed by atoms with van der Waals surface area (Å²) >= 11 is 0. The molecule has 0 aromatic heterocycles. The van der Waals surface area contributed by atoms with Gasteiger partial charge in [-0.15, -0.1) is 0 Å². The molecular weight excluding hydrogens is 136 g/mol. The molecule has 3 aliphatic carbocycles. The fourth-order valence-electron chi connectivity index (χ4n) is 3.32. The molecule has 0 saturated heterocycles. The van der Waals surface area contributed by atoms with Crippen LogP contribution in [0, 0.1) is 23.2 Å². The van der Waals surface area contributed by atoms with E-state index in [9.17, 15) is 5.11 Å². The Kier molecular flexibility index (Phi) is 1.39. The molecule has 3 aliphatic rings. The standard InChI is InChI=1S/C10H18O/c1-6-4-9(11)8-5-7(6)10(8,2)3/h6-9,11H,4-5H2,1-3H3/t6-,7+,8+,9-/m1/s1. The van der Waals surface area contributed by atoms with Crippen molar-refractivity contribution >= 4 is 0 Å². The lowest BCUT2D eigenvalue weighted by molar-refractivity contribution is -0.167. The lowest BCUT2D eigenvalue weighted by Gasteiger charge is -2.61. The quantitative estimate of drug-likeness (QED) is 0.566. The molecule has 0 unspecified atom stereocenters. The van der Waals surface area contributed by atoms with Gasteiger partial charge in [0.1, 0.15) is 0 Å². The van der Waals surface area contributed by atoms with Crippen molar-refractivity contribution in [3.05, 3.63) is 0 Å². The fraction of sp³-hybridized carbons (Fsp3) is 1.00. The van der Waals surface area contributed by atoms with Crippen molar-refractivity contribution in [2.24, 2.45) is 23.2 Å². The maximum atomic E-state index is 9.72. The molecule has 0 aliphatic heterocycles. The Morgan fingerprint density at radius 2 is 1.82 bits per heavy atom. The predicted molar refractivity (Wildman–Crippen MR) is 45.2 cm³/mol. The highest BCUT2D eigenvalue weighted by atomic mass is 16.3. The summed E-state index contributed by atoms with van der Waals surface area (Å²) in [5.74, 6) is 2.23. The minimum atomic E-state index is -0.00926. The smallest absolute Gasteiger partial charge is 0.0576 e. The minimum Gasteiger partial charge on any atom is -0.393 e. The van der Waals surface area contributed by atoms with Gasteiger partial charge >= 0.3 is 0 Å². The van der Waals surface area contributed by atoms with Gasteiger partial charge in [0.2, 0.25) is 0 Å². The summed E-state index contributed by atoms with van der Waals surface area (Å²) in [4.78, 5) is 0. The second kappa shape index (κ2) is 2.01. The molecule has 3 saturated carbocycles. The van der Waals surface area contributed by atoms with E-state index in [1.807, 2.05) is 0 Å². The van der Waals surface area contributed by atoms with Gasteiger partial charge in [-0.3, -0.25) is 0 Å². The molecule has 3 rings (SSSR count). The summed E-state index contributed by atoms with van der Waals surface area (Å²) in [7, 11) is 0. The monoisotopic (exact) mass is 154 g/mol. The Morgan fingerprint density at radius 1 is 1.18 bits per heavy atom. The van der Waals surface area contributed by atoms with E-state index < -0.39 is 0 Å². The second-order valence-electron chi connectivity index (χ2n) is 5.05. The molecule has 11 heavy (non-hydrogen) atoms. The van der Waals surface area contributed by atoms with Crippen LogP contribution in [0.3, 0.4) is 0 Å². The van der Waals surface area contributed by atoms with E-state index in [1.165, 1.54) is 6.42 Å². The van der Waals surface area contributed by atoms with Gasteiger partial charge < -0.3 is 5.11 Å². The third kappa shape index (κ3) is 0.807. The van der Waals surface area contributed by atoms with Crippen LogP contribution in [0.15, 0.2) is 0 Å². The number of hydrogen-bond acceptors (Lipinski definition) is 1. The number of hydrogen-bond donors (Lipinski definition) is 1. The Labute approximate surface area is 68.8 Å². The molecule has 1 nitrogen and oxygen atoms in total. The van der Waals surface area contributed by atoms with Crippen LogP contribution < -0.4 is 0 Å². The van der Waals surface area contributed by atoms with E-state index in [0.29, 0.717) is 11.3 Å². The van der Waals surface area contributed by atoms with Gasteiger partial charge in [-0.2, -0.15) is 0 Å². The minimum absolute atomic E-state index is 0.00926. The summed E-state index contributed by atoms with van der Waals surface area (Å²) in [6.45, 7) is 6.90. The van der Waals surface area contributed by atoms with Crippen molar-refractivity contribution in [1.82, 2.24) is 0 Å². The third-order valence-electron chi connectivity index (χ3n) is 4.18. The molecule has 64 valence electrons. The van der Waals surface area contributed by atoms with E-state index in [0.717, 1.165) is 18.3 Å². The maximum absolute atomic E-state index is 9.72. The van der Waals surface area contributed by atoms with Crippen molar-refractivity contribution in [3.63, 3.8) is 0 Å². The van der Waals surface area contributed by atoms with Crippen molar-refractivity contribution in [2.45, 2.75) is 39.7 Å². The van der Waals surface area contributed by atoms with Crippen molar-refractivity contribution in [3.8, 4) is 0 Å². The summed E-state index contributed by atoms with van der Waals surface area (Å²) in [6.07, 6.45) is 2.30. The molecule has 4 atom stereocenters. The van der Waals surface area contributed by atoms with Gasteiger partial charge in [-0.1, -0.05) is 20.8 Å². The third-order valence-corrected chi connectivity index (χ3v) is 4.18. The van der Waals surface area contributed by atoms with Gasteiger partial charge in [0.25, 0.3) is 0 Å². The van der Waals surface area contributed by atoms with Crippen molar-refractivity contribution in [1.29, 1.82) is 0 Å². The van der Waals surface area contributed by atoms with E-state index in [4.69, 9.17) is 0 Å². The SMILES string of the molecule is C[C@@H]1C[C@@H](O)[C@@H]2C[C@@H]1C2(C)C. The van der Waals surface area contributed by atoms with Crippen LogP contribution >= 0.6 is 0 Å². The Hall–Kier alpha value is -0.0400. The predicted octanol–water partition coefficient (Wildman–Crippen LogP) is 2.05. The zero-order valence-corrected chi connectivity index (χ0v) is 7.67. The molecule has 0 heterocycles. The first kappa shape index (κ1) is 7.60. The van der Waals surface area contributed by atoms with Crippen LogP contribution in [-0.2, 0) is 0 Å². The van der Waals surface area contributed by atoms with Crippen molar-refractivity contribution in [2.75, 3.05) is 0 Å². The largest absolute Gasteiger partial charge is 0.393 e. The molecule has 1 heteroatoms. The number of fused-ring (bicyclic) bond motifs is 2. The molecule has 2 bridgehead atoms. The first-order chi connectivity index (χ1) is 5.03. The summed E-state index contributed by atoms with van der Waals surface area (Å²) in [6, 6.07) is 0. The molecule has 0 radical (unpaired) electrons. The number of aliphatic hydroxyl groups excluding tert-OH is 1. The maximum Gasteiger partial charge on any atom is 0.0576 e. The fourth-order valence-corrected chi connectivity index (χ4v) is 3.32. The van der Waals surface area contributed by atoms with Gasteiger partial charge in [-0.05, 0) is 36.0 Å². The summed E-state index contributed by atoms with van der Waals surface area (Å²) in [5.41, 5.74) is 0.428. The Morgan fingerprint density at radius 3 is 2.18 bits per heavy atom. The van der Waals surface area contributed by atoms with Crippen LogP contribution in [0.5, 0.6) is 0 Å². The van der Waals surface area contributed by atoms with E-state index >= 15 is 0 Å². The van der Waals surface area contributed by atoms with Crippen molar-refractivity contribution < 1.29 is 5.11 Å². The molecule has 0 aromatic rings. The second-order valence-corrected chi connectivity index (χ2v) is 5.05. The van der Waals surface area contributed by atoms with Gasteiger partial charge in [0, 0.05) is 0 Å². The van der Waals surface area contributed by atoms with Crippen LogP contribution in [0.25, 0.3) is 0 Å². The highest BCUT2D eigenvalue weighted by Gasteiger charge is 2.56. The topological polar surface area (TPSA) is 20.2 Å². The molecule has 0 amide bonds. The van der Waals surface area contributed by atoms with E-state index in [-0.39, 0.29) is 6.10 Å². The van der Waals surface area contributed by atoms with Crippen LogP contribution in [-0.4, -0.2) is 11.2 Å². The lowest BCUT2D eigenvalue weighted by Crippen LogP contribution is -2.57. The molecule has 0 aromatic carbocycles. The van der Waals surface area contributed by atoms with Gasteiger partial charge in [-0.25, -0.2) is 0 Å². The van der Waals surface area contributed by atoms with Crippen LogP contribution in [0.2, 0.25) is 0 Å². The Balaban J connectivity index is 2.20.